The fourth-order valence-electron chi connectivity index (χ4n) is 3.37. The van der Waals surface area contributed by atoms with Gasteiger partial charge in [-0.1, -0.05) is 50.0 Å². The predicted molar refractivity (Wildman–Crippen MR) is 169 cm³/mol. The van der Waals surface area contributed by atoms with Crippen LogP contribution in [0.4, 0.5) is 0 Å². The molecular weight excluding hydrogens is 681 g/mol. The molecule has 18 heteroatoms. The molecule has 0 saturated carbocycles. The van der Waals surface area contributed by atoms with Crippen LogP contribution in [0.25, 0.3) is 0 Å². The van der Waals surface area contributed by atoms with Crippen molar-refractivity contribution in [2.45, 2.75) is 21.3 Å². The Morgan fingerprint density at radius 1 is 0.844 bits per heavy atom. The van der Waals surface area contributed by atoms with Gasteiger partial charge in [0.1, 0.15) is 26.7 Å². The van der Waals surface area contributed by atoms with Gasteiger partial charge in [0.15, 0.2) is 5.75 Å². The molecule has 0 radical (unpaired) electrons. The molecule has 0 aliphatic heterocycles. The summed E-state index contributed by atoms with van der Waals surface area (Å²) < 4.78 is 40.8. The molecule has 0 bridgehead atoms. The van der Waals surface area contributed by atoms with E-state index in [0.717, 1.165) is 21.8 Å². The number of nitrogens with zero attached hydrogens (tertiary/aromatic N) is 3. The first-order valence-corrected chi connectivity index (χ1v) is 17.8. The molecule has 3 aromatic carbocycles. The summed E-state index contributed by atoms with van der Waals surface area (Å²) in [5.74, 6) is 1.86. The predicted octanol–water partition coefficient (Wildman–Crippen LogP) is -1.65. The third-order valence-corrected chi connectivity index (χ3v) is 8.66. The van der Waals surface area contributed by atoms with Crippen LogP contribution in [0.2, 0.25) is 0 Å². The standard InChI is InChI=1S/C25H30N3O9P3S.2CH4.2Na/c1-27(26-17-22-9-11-24(12-10-22)36-20-35-23-5-3-2-4-6-23)38(41)37-25-13-7-21(8-14-25)15-16-28(18-39(29,30)31)19-40(32,33)34;;;;/h2-14,17H,15-16,18-20H2,1H3,(H3-,29,30,31,32,33,34);2*1H4;;/q;;;2*+1/p-1/b26-17+;;;;. The zero-order chi connectivity index (χ0) is 29.9. The number of rotatable bonds is 16. The number of hydrogen-bond acceptors (Lipinski definition) is 10. The van der Waals surface area contributed by atoms with E-state index < -0.39 is 34.8 Å². The molecule has 0 fully saturated rings. The van der Waals surface area contributed by atoms with E-state index >= 15 is 0 Å². The molecule has 0 aliphatic rings. The maximum absolute atomic E-state index is 11.2. The molecule has 3 aromatic rings. The Bertz CT molecular complexity index is 1370. The van der Waals surface area contributed by atoms with Gasteiger partial charge in [-0.25, -0.2) is 0 Å². The van der Waals surface area contributed by atoms with Crippen LogP contribution < -0.4 is 82.9 Å². The van der Waals surface area contributed by atoms with Gasteiger partial charge in [0.2, 0.25) is 18.6 Å². The third-order valence-electron chi connectivity index (χ3n) is 5.27. The molecule has 45 heavy (non-hydrogen) atoms. The summed E-state index contributed by atoms with van der Waals surface area (Å²) in [6.07, 6.45) is 0.118. The van der Waals surface area contributed by atoms with Crippen LogP contribution >= 0.6 is 22.3 Å². The van der Waals surface area contributed by atoms with Crippen molar-refractivity contribution >= 4 is 40.3 Å². The molecule has 3 atom stereocenters. The maximum atomic E-state index is 11.2. The first kappa shape index (κ1) is 46.4. The van der Waals surface area contributed by atoms with E-state index in [4.69, 9.17) is 35.6 Å². The van der Waals surface area contributed by atoms with Crippen molar-refractivity contribution in [3.8, 4) is 17.2 Å². The van der Waals surface area contributed by atoms with Gasteiger partial charge in [-0.15, -0.1) is 5.10 Å². The van der Waals surface area contributed by atoms with Crippen LogP contribution in [-0.4, -0.2) is 58.6 Å². The van der Waals surface area contributed by atoms with E-state index in [1.807, 2.05) is 42.5 Å². The Morgan fingerprint density at radius 3 is 1.84 bits per heavy atom. The number of hydrogen-bond donors (Lipinski definition) is 2. The van der Waals surface area contributed by atoms with E-state index in [1.165, 1.54) is 4.78 Å². The molecule has 0 heterocycles. The quantitative estimate of drug-likeness (QED) is 0.0571. The van der Waals surface area contributed by atoms with E-state index in [0.29, 0.717) is 11.5 Å². The van der Waals surface area contributed by atoms with Crippen molar-refractivity contribution in [3.05, 3.63) is 90.0 Å². The Labute approximate surface area is 315 Å². The van der Waals surface area contributed by atoms with Crippen LogP contribution in [0, 0.1) is 0 Å². The van der Waals surface area contributed by atoms with Gasteiger partial charge in [0, 0.05) is 6.54 Å². The molecule has 236 valence electrons. The molecule has 0 saturated heterocycles. The topological polar surface area (TPSA) is 167 Å². The van der Waals surface area contributed by atoms with Crippen LogP contribution in [-0.2, 0) is 27.4 Å². The van der Waals surface area contributed by atoms with Crippen molar-refractivity contribution < 1.29 is 102 Å². The van der Waals surface area contributed by atoms with Crippen molar-refractivity contribution in [2.75, 3.05) is 33.0 Å². The van der Waals surface area contributed by atoms with E-state index in [-0.39, 0.29) is 93.7 Å². The average molecular weight is 719 g/mol. The Kier molecular flexibility index (Phi) is 23.5. The fraction of sp³-hybridized carbons (Fsp3) is 0.296. The maximum Gasteiger partial charge on any atom is 1.00 e. The average Bonchev–Trinajstić information content (AvgIpc) is 2.91. The second-order valence-electron chi connectivity index (χ2n) is 8.70. The fourth-order valence-corrected chi connectivity index (χ4v) is 5.96. The number of benzene rings is 3. The molecule has 0 spiro atoms. The Balaban J connectivity index is 0. The summed E-state index contributed by atoms with van der Waals surface area (Å²) in [7, 11) is -9.34. The molecule has 0 amide bonds. The second-order valence-corrected chi connectivity index (χ2v) is 14.0. The first-order chi connectivity index (χ1) is 19.4. The smallest absolute Gasteiger partial charge is 0.778 e. The van der Waals surface area contributed by atoms with Gasteiger partial charge in [0.05, 0.1) is 25.8 Å². The minimum Gasteiger partial charge on any atom is -0.778 e. The molecular formula is C27H37N3Na2O9P3S+. The number of para-hydroxylation sites is 1. The zero-order valence-corrected chi connectivity index (χ0v) is 31.5. The second kappa shape index (κ2) is 22.8. The van der Waals surface area contributed by atoms with Crippen molar-refractivity contribution in [3.63, 3.8) is 0 Å². The van der Waals surface area contributed by atoms with Crippen LogP contribution in [0.3, 0.4) is 0 Å². The number of hydrazone groups is 1. The molecule has 3 rings (SSSR count). The summed E-state index contributed by atoms with van der Waals surface area (Å²) in [5.41, 5.74) is 1.58. The number of ether oxygens (including phenoxy) is 2. The molecule has 0 aromatic heterocycles. The molecule has 0 aliphatic carbocycles. The van der Waals surface area contributed by atoms with Gasteiger partial charge in [-0.2, -0.15) is 0 Å². The van der Waals surface area contributed by atoms with Crippen molar-refractivity contribution in [2.24, 2.45) is 5.10 Å². The van der Waals surface area contributed by atoms with Crippen LogP contribution in [0.1, 0.15) is 26.0 Å². The van der Waals surface area contributed by atoms with Gasteiger partial charge in [0.25, 0.3) is 0 Å². The van der Waals surface area contributed by atoms with Crippen LogP contribution in [0.15, 0.2) is 84.0 Å². The SMILES string of the molecule is C.C.CN(/N=C/c1ccc(OCOc2ccccc2)cc1)[P+](=S)Oc1ccc(CCN(CP(=O)([O-])O)CP(=O)([O-])O)cc1.[Na+].[Na+]. The summed E-state index contributed by atoms with van der Waals surface area (Å²) in [6, 6.07) is 23.4. The first-order valence-electron chi connectivity index (χ1n) is 12.1. The molecule has 2 N–H and O–H groups in total. The van der Waals surface area contributed by atoms with Crippen LogP contribution in [0.5, 0.6) is 17.2 Å². The summed E-state index contributed by atoms with van der Waals surface area (Å²) >= 11 is 5.44. The van der Waals surface area contributed by atoms with E-state index in [2.05, 4.69) is 5.10 Å². The summed E-state index contributed by atoms with van der Waals surface area (Å²) in [4.78, 5) is 41.4. The van der Waals surface area contributed by atoms with Crippen molar-refractivity contribution in [1.82, 2.24) is 9.68 Å². The molecule has 12 nitrogen and oxygen atoms in total. The van der Waals surface area contributed by atoms with Gasteiger partial charge in [-0.3, -0.25) is 9.42 Å². The Morgan fingerprint density at radius 2 is 1.33 bits per heavy atom. The zero-order valence-electron chi connectivity index (χ0n) is 24.0. The summed E-state index contributed by atoms with van der Waals surface area (Å²) in [6.45, 7) is 0.0549. The van der Waals surface area contributed by atoms with E-state index in [9.17, 15) is 18.9 Å². The molecule has 3 unspecified atom stereocenters. The van der Waals surface area contributed by atoms with Gasteiger partial charge in [-0.05, 0) is 66.1 Å². The summed E-state index contributed by atoms with van der Waals surface area (Å²) in [5, 5.41) is 4.35. The van der Waals surface area contributed by atoms with E-state index in [1.54, 1.807) is 49.7 Å². The third kappa shape index (κ3) is 19.7. The van der Waals surface area contributed by atoms with Gasteiger partial charge < -0.3 is 38.2 Å². The van der Waals surface area contributed by atoms with Crippen molar-refractivity contribution in [1.29, 1.82) is 0 Å². The minimum absolute atomic E-state index is 0. The van der Waals surface area contributed by atoms with Gasteiger partial charge >= 0.3 is 66.2 Å². The monoisotopic (exact) mass is 718 g/mol. The Hall–Kier alpha value is -0.690. The minimum atomic E-state index is -4.76. The normalized spacial score (nSPS) is 13.4. The largest absolute Gasteiger partial charge is 1.00 e.